The third kappa shape index (κ3) is 4.64. The first-order valence-electron chi connectivity index (χ1n) is 6.69. The molecule has 112 valence electrons. The summed E-state index contributed by atoms with van der Waals surface area (Å²) in [5, 5.41) is 16.6. The van der Waals surface area contributed by atoms with Crippen LogP contribution in [0.25, 0.3) is 0 Å². The Hall–Kier alpha value is -1.92. The Kier molecular flexibility index (Phi) is 5.66. The van der Waals surface area contributed by atoms with Crippen molar-refractivity contribution >= 4 is 11.9 Å². The molecule has 0 aliphatic carbocycles. The van der Waals surface area contributed by atoms with Crippen LogP contribution in [0.15, 0.2) is 6.20 Å². The first-order valence-corrected chi connectivity index (χ1v) is 6.69. The Morgan fingerprint density at radius 2 is 2.05 bits per heavy atom. The summed E-state index contributed by atoms with van der Waals surface area (Å²) in [6.45, 7) is 6.65. The standard InChI is InChI=1S/C13H22N4O3/c1-9(2)5-6-17-8-11(14-15-17)12(18)16(4)7-10(3)13(19)20/h8-10H,5-7H2,1-4H3,(H,19,20). The molecule has 0 spiro atoms. The van der Waals surface area contributed by atoms with Crippen LogP contribution in [0.2, 0.25) is 0 Å². The molecule has 1 rings (SSSR count). The Morgan fingerprint density at radius 3 is 2.60 bits per heavy atom. The first-order chi connectivity index (χ1) is 9.31. The minimum atomic E-state index is -0.926. The number of hydrogen-bond donors (Lipinski definition) is 1. The average Bonchev–Trinajstić information content (AvgIpc) is 2.83. The lowest BCUT2D eigenvalue weighted by Gasteiger charge is -2.17. The molecule has 0 radical (unpaired) electrons. The fraction of sp³-hybridized carbons (Fsp3) is 0.692. The van der Waals surface area contributed by atoms with Gasteiger partial charge in [-0.2, -0.15) is 0 Å². The molecule has 1 atom stereocenters. The average molecular weight is 282 g/mol. The molecule has 7 nitrogen and oxygen atoms in total. The quantitative estimate of drug-likeness (QED) is 0.809. The highest BCUT2D eigenvalue weighted by molar-refractivity contribution is 5.92. The highest BCUT2D eigenvalue weighted by Gasteiger charge is 2.20. The van der Waals surface area contributed by atoms with Crippen LogP contribution in [0.5, 0.6) is 0 Å². The molecule has 1 heterocycles. The van der Waals surface area contributed by atoms with E-state index in [0.29, 0.717) is 12.5 Å². The number of aromatic nitrogens is 3. The summed E-state index contributed by atoms with van der Waals surface area (Å²) < 4.78 is 1.64. The van der Waals surface area contributed by atoms with Gasteiger partial charge in [0.15, 0.2) is 5.69 Å². The molecule has 0 aromatic carbocycles. The molecule has 0 saturated heterocycles. The zero-order valence-electron chi connectivity index (χ0n) is 12.4. The van der Waals surface area contributed by atoms with Crippen LogP contribution < -0.4 is 0 Å². The number of amides is 1. The van der Waals surface area contributed by atoms with Crippen LogP contribution >= 0.6 is 0 Å². The second-order valence-corrected chi connectivity index (χ2v) is 5.47. The van der Waals surface area contributed by atoms with Gasteiger partial charge in [-0.05, 0) is 12.3 Å². The van der Waals surface area contributed by atoms with Crippen molar-refractivity contribution < 1.29 is 14.7 Å². The predicted octanol–water partition coefficient (Wildman–Crippen LogP) is 1.12. The monoisotopic (exact) mass is 282 g/mol. The Morgan fingerprint density at radius 1 is 1.40 bits per heavy atom. The number of carbonyl (C=O) groups is 2. The molecule has 1 amide bonds. The van der Waals surface area contributed by atoms with E-state index in [1.54, 1.807) is 24.9 Å². The number of carboxylic acids is 1. The Bertz CT molecular complexity index is 470. The van der Waals surface area contributed by atoms with Crippen molar-refractivity contribution in [3.8, 4) is 0 Å². The van der Waals surface area contributed by atoms with E-state index in [1.165, 1.54) is 4.90 Å². The first kappa shape index (κ1) is 16.1. The molecule has 1 N–H and O–H groups in total. The summed E-state index contributed by atoms with van der Waals surface area (Å²) in [6, 6.07) is 0. The van der Waals surface area contributed by atoms with Crippen LogP contribution in [-0.4, -0.2) is 50.5 Å². The molecule has 1 aromatic heterocycles. The van der Waals surface area contributed by atoms with Crippen molar-refractivity contribution in [1.82, 2.24) is 19.9 Å². The molecule has 20 heavy (non-hydrogen) atoms. The number of rotatable bonds is 7. The van der Waals surface area contributed by atoms with Gasteiger partial charge in [0.1, 0.15) is 0 Å². The van der Waals surface area contributed by atoms with Crippen molar-refractivity contribution in [2.45, 2.75) is 33.7 Å². The van der Waals surface area contributed by atoms with Gasteiger partial charge in [-0.25, -0.2) is 0 Å². The van der Waals surface area contributed by atoms with E-state index in [1.807, 2.05) is 0 Å². The molecule has 7 heteroatoms. The minimum Gasteiger partial charge on any atom is -0.481 e. The highest BCUT2D eigenvalue weighted by atomic mass is 16.4. The number of carbonyl (C=O) groups excluding carboxylic acids is 1. The summed E-state index contributed by atoms with van der Waals surface area (Å²) in [7, 11) is 1.56. The maximum absolute atomic E-state index is 12.1. The van der Waals surface area contributed by atoms with Gasteiger partial charge in [0.2, 0.25) is 0 Å². The van der Waals surface area contributed by atoms with Gasteiger partial charge in [0, 0.05) is 20.1 Å². The van der Waals surface area contributed by atoms with Crippen LogP contribution in [0.3, 0.4) is 0 Å². The van der Waals surface area contributed by atoms with E-state index in [0.717, 1.165) is 6.42 Å². The predicted molar refractivity (Wildman–Crippen MR) is 73.2 cm³/mol. The Labute approximate surface area is 118 Å². The van der Waals surface area contributed by atoms with Crippen LogP contribution in [0.1, 0.15) is 37.7 Å². The topological polar surface area (TPSA) is 88.3 Å². The smallest absolute Gasteiger partial charge is 0.308 e. The van der Waals surface area contributed by atoms with Gasteiger partial charge in [0.05, 0.1) is 12.1 Å². The second-order valence-electron chi connectivity index (χ2n) is 5.47. The fourth-order valence-electron chi connectivity index (χ4n) is 1.66. The molecule has 0 fully saturated rings. The summed E-state index contributed by atoms with van der Waals surface area (Å²) in [4.78, 5) is 24.2. The van der Waals surface area contributed by atoms with E-state index >= 15 is 0 Å². The summed E-state index contributed by atoms with van der Waals surface area (Å²) in [5.74, 6) is -1.29. The normalized spacial score (nSPS) is 12.4. The maximum atomic E-state index is 12.1. The van der Waals surface area contributed by atoms with Crippen LogP contribution in [0, 0.1) is 11.8 Å². The third-order valence-electron chi connectivity index (χ3n) is 3.01. The number of nitrogens with zero attached hydrogens (tertiary/aromatic N) is 4. The molecular formula is C13H22N4O3. The molecule has 1 aromatic rings. The van der Waals surface area contributed by atoms with Gasteiger partial charge in [0.25, 0.3) is 5.91 Å². The lowest BCUT2D eigenvalue weighted by atomic mass is 10.1. The lowest BCUT2D eigenvalue weighted by molar-refractivity contribution is -0.141. The van der Waals surface area contributed by atoms with Crippen molar-refractivity contribution in [2.75, 3.05) is 13.6 Å². The van der Waals surface area contributed by atoms with Crippen molar-refractivity contribution in [1.29, 1.82) is 0 Å². The van der Waals surface area contributed by atoms with E-state index in [-0.39, 0.29) is 18.1 Å². The molecule has 0 aliphatic rings. The van der Waals surface area contributed by atoms with Crippen molar-refractivity contribution in [3.05, 3.63) is 11.9 Å². The summed E-state index contributed by atoms with van der Waals surface area (Å²) in [5.41, 5.74) is 0.244. The highest BCUT2D eigenvalue weighted by Crippen LogP contribution is 2.06. The fourth-order valence-corrected chi connectivity index (χ4v) is 1.66. The van der Waals surface area contributed by atoms with Gasteiger partial charge in [-0.3, -0.25) is 14.3 Å². The zero-order valence-corrected chi connectivity index (χ0v) is 12.4. The largest absolute Gasteiger partial charge is 0.481 e. The van der Waals surface area contributed by atoms with E-state index in [4.69, 9.17) is 5.11 Å². The summed E-state index contributed by atoms with van der Waals surface area (Å²) >= 11 is 0. The van der Waals surface area contributed by atoms with Gasteiger partial charge in [-0.15, -0.1) is 5.10 Å². The molecule has 0 bridgehead atoms. The SMILES string of the molecule is CC(C)CCn1cc(C(=O)N(C)CC(C)C(=O)O)nn1. The third-order valence-corrected chi connectivity index (χ3v) is 3.01. The van der Waals surface area contributed by atoms with Crippen LogP contribution in [0.4, 0.5) is 0 Å². The van der Waals surface area contributed by atoms with Crippen molar-refractivity contribution in [3.63, 3.8) is 0 Å². The molecule has 0 aliphatic heterocycles. The van der Waals surface area contributed by atoms with Gasteiger partial charge < -0.3 is 10.0 Å². The molecule has 1 unspecified atom stereocenters. The second kappa shape index (κ2) is 7.02. The number of carboxylic acid groups (broad SMARTS) is 1. The zero-order chi connectivity index (χ0) is 15.3. The molecule has 0 saturated carbocycles. The Balaban J connectivity index is 2.61. The van der Waals surface area contributed by atoms with E-state index in [2.05, 4.69) is 24.2 Å². The minimum absolute atomic E-state index is 0.146. The van der Waals surface area contributed by atoms with E-state index in [9.17, 15) is 9.59 Å². The van der Waals surface area contributed by atoms with E-state index < -0.39 is 11.9 Å². The van der Waals surface area contributed by atoms with Crippen molar-refractivity contribution in [2.24, 2.45) is 11.8 Å². The number of aryl methyl sites for hydroxylation is 1. The summed E-state index contributed by atoms with van der Waals surface area (Å²) in [6.07, 6.45) is 2.57. The maximum Gasteiger partial charge on any atom is 0.308 e. The molecular weight excluding hydrogens is 260 g/mol. The van der Waals surface area contributed by atoms with Crippen LogP contribution in [-0.2, 0) is 11.3 Å². The van der Waals surface area contributed by atoms with Gasteiger partial charge in [-0.1, -0.05) is 26.0 Å². The number of hydrogen-bond acceptors (Lipinski definition) is 4. The lowest BCUT2D eigenvalue weighted by Crippen LogP contribution is -2.33. The van der Waals surface area contributed by atoms with Gasteiger partial charge >= 0.3 is 5.97 Å². The number of aliphatic carboxylic acids is 1.